The van der Waals surface area contributed by atoms with E-state index in [9.17, 15) is 0 Å². The number of pyridine rings is 1. The van der Waals surface area contributed by atoms with Gasteiger partial charge in [0.1, 0.15) is 11.8 Å². The van der Waals surface area contributed by atoms with Gasteiger partial charge in [-0.1, -0.05) is 6.07 Å². The summed E-state index contributed by atoms with van der Waals surface area (Å²) in [6.07, 6.45) is 0. The summed E-state index contributed by atoms with van der Waals surface area (Å²) in [5, 5.41) is 11.7. The highest BCUT2D eigenvalue weighted by Crippen LogP contribution is 2.12. The Labute approximate surface area is 64.7 Å². The fourth-order valence-electron chi connectivity index (χ4n) is 1.22. The molecule has 1 aliphatic rings. The third-order valence-corrected chi connectivity index (χ3v) is 1.79. The first-order chi connectivity index (χ1) is 5.40. The Bertz CT molecular complexity index is 325. The Balaban J connectivity index is 2.51. The molecule has 0 spiro atoms. The van der Waals surface area contributed by atoms with Crippen molar-refractivity contribution in [1.29, 1.82) is 5.26 Å². The molecule has 0 aromatic carbocycles. The van der Waals surface area contributed by atoms with Crippen LogP contribution in [0.15, 0.2) is 12.1 Å². The molecular weight excluding hydrogens is 138 g/mol. The van der Waals surface area contributed by atoms with E-state index in [2.05, 4.69) is 10.3 Å². The lowest BCUT2D eigenvalue weighted by Gasteiger charge is -1.94. The highest BCUT2D eigenvalue weighted by Gasteiger charge is 2.10. The summed E-state index contributed by atoms with van der Waals surface area (Å²) >= 11 is 0. The van der Waals surface area contributed by atoms with Crippen molar-refractivity contribution in [2.75, 3.05) is 0 Å². The van der Waals surface area contributed by atoms with Crippen molar-refractivity contribution in [1.82, 2.24) is 10.3 Å². The fraction of sp³-hybridized carbons (Fsp3) is 0.250. The quantitative estimate of drug-likeness (QED) is 0.580. The van der Waals surface area contributed by atoms with E-state index in [-0.39, 0.29) is 0 Å². The minimum atomic E-state index is 0.507. The van der Waals surface area contributed by atoms with Crippen molar-refractivity contribution in [3.63, 3.8) is 0 Å². The SMILES string of the molecule is N#Cc1ccc2c(n1)CNC2. The zero-order valence-corrected chi connectivity index (χ0v) is 5.96. The molecule has 0 bridgehead atoms. The Morgan fingerprint density at radius 2 is 2.36 bits per heavy atom. The van der Waals surface area contributed by atoms with Crippen molar-refractivity contribution in [2.24, 2.45) is 0 Å². The lowest BCUT2D eigenvalue weighted by atomic mass is 10.2. The van der Waals surface area contributed by atoms with E-state index in [1.54, 1.807) is 6.07 Å². The average Bonchev–Trinajstić information content (AvgIpc) is 2.50. The van der Waals surface area contributed by atoms with Gasteiger partial charge in [-0.15, -0.1) is 0 Å². The maximum Gasteiger partial charge on any atom is 0.140 e. The van der Waals surface area contributed by atoms with Gasteiger partial charge in [0.15, 0.2) is 0 Å². The normalized spacial score (nSPS) is 14.1. The first-order valence-corrected chi connectivity index (χ1v) is 3.50. The summed E-state index contributed by atoms with van der Waals surface area (Å²) in [6.45, 7) is 1.68. The summed E-state index contributed by atoms with van der Waals surface area (Å²) in [5.41, 5.74) is 2.74. The standard InChI is InChI=1S/C8H7N3/c9-3-7-2-1-6-4-10-5-8(6)11-7/h1-2,10H,4-5H2. The number of hydrogen-bond acceptors (Lipinski definition) is 3. The molecule has 1 aliphatic heterocycles. The number of aromatic nitrogens is 1. The lowest BCUT2D eigenvalue weighted by molar-refractivity contribution is 0.757. The third-order valence-electron chi connectivity index (χ3n) is 1.79. The lowest BCUT2D eigenvalue weighted by Crippen LogP contribution is -2.00. The summed E-state index contributed by atoms with van der Waals surface area (Å²) in [7, 11) is 0. The molecule has 0 unspecified atom stereocenters. The molecule has 0 saturated carbocycles. The Hall–Kier alpha value is -1.40. The number of fused-ring (bicyclic) bond motifs is 1. The summed E-state index contributed by atoms with van der Waals surface area (Å²) in [5.74, 6) is 0. The predicted molar refractivity (Wildman–Crippen MR) is 39.5 cm³/mol. The molecule has 11 heavy (non-hydrogen) atoms. The van der Waals surface area contributed by atoms with Crippen LogP contribution in [0.5, 0.6) is 0 Å². The van der Waals surface area contributed by atoms with Gasteiger partial charge in [0, 0.05) is 13.1 Å². The summed E-state index contributed by atoms with van der Waals surface area (Å²) < 4.78 is 0. The van der Waals surface area contributed by atoms with Gasteiger partial charge >= 0.3 is 0 Å². The Morgan fingerprint density at radius 1 is 1.45 bits per heavy atom. The van der Waals surface area contributed by atoms with Crippen molar-refractivity contribution in [3.05, 3.63) is 29.1 Å². The van der Waals surface area contributed by atoms with E-state index < -0.39 is 0 Å². The fourth-order valence-corrected chi connectivity index (χ4v) is 1.22. The van der Waals surface area contributed by atoms with Gasteiger partial charge in [0.25, 0.3) is 0 Å². The molecule has 0 radical (unpaired) electrons. The molecule has 0 saturated heterocycles. The van der Waals surface area contributed by atoms with E-state index in [4.69, 9.17) is 5.26 Å². The number of hydrogen-bond donors (Lipinski definition) is 1. The van der Waals surface area contributed by atoms with Crippen LogP contribution in [0.1, 0.15) is 17.0 Å². The summed E-state index contributed by atoms with van der Waals surface area (Å²) in [4.78, 5) is 4.15. The van der Waals surface area contributed by atoms with Crippen LogP contribution in [0.2, 0.25) is 0 Å². The molecule has 1 N–H and O–H groups in total. The second kappa shape index (κ2) is 2.33. The first-order valence-electron chi connectivity index (χ1n) is 3.50. The zero-order chi connectivity index (χ0) is 7.68. The molecule has 3 heteroatoms. The molecule has 54 valence electrons. The van der Waals surface area contributed by atoms with Crippen LogP contribution in [-0.2, 0) is 13.1 Å². The van der Waals surface area contributed by atoms with Crippen LogP contribution in [0.25, 0.3) is 0 Å². The predicted octanol–water partition coefficient (Wildman–Crippen LogP) is 0.556. The Morgan fingerprint density at radius 3 is 3.18 bits per heavy atom. The van der Waals surface area contributed by atoms with Gasteiger partial charge in [0.05, 0.1) is 5.69 Å². The number of nitriles is 1. The first kappa shape index (κ1) is 6.32. The molecule has 0 amide bonds. The molecule has 1 aromatic heterocycles. The third kappa shape index (κ3) is 0.975. The molecule has 1 aromatic rings. The van der Waals surface area contributed by atoms with Crippen molar-refractivity contribution < 1.29 is 0 Å². The van der Waals surface area contributed by atoms with Crippen LogP contribution >= 0.6 is 0 Å². The van der Waals surface area contributed by atoms with Crippen molar-refractivity contribution >= 4 is 0 Å². The number of rotatable bonds is 0. The van der Waals surface area contributed by atoms with Crippen LogP contribution in [0, 0.1) is 11.3 Å². The topological polar surface area (TPSA) is 48.7 Å². The van der Waals surface area contributed by atoms with Gasteiger partial charge in [-0.05, 0) is 11.6 Å². The largest absolute Gasteiger partial charge is 0.307 e. The van der Waals surface area contributed by atoms with Crippen LogP contribution in [0.3, 0.4) is 0 Å². The second-order valence-electron chi connectivity index (χ2n) is 2.52. The molecule has 0 fully saturated rings. The molecule has 2 heterocycles. The van der Waals surface area contributed by atoms with Gasteiger partial charge < -0.3 is 5.32 Å². The van der Waals surface area contributed by atoms with Gasteiger partial charge in [0.2, 0.25) is 0 Å². The maximum atomic E-state index is 8.54. The van der Waals surface area contributed by atoms with E-state index in [1.807, 2.05) is 12.1 Å². The number of nitrogens with zero attached hydrogens (tertiary/aromatic N) is 2. The number of nitrogens with one attached hydrogen (secondary N) is 1. The molecule has 0 aliphatic carbocycles. The van der Waals surface area contributed by atoms with Crippen LogP contribution < -0.4 is 5.32 Å². The van der Waals surface area contributed by atoms with Crippen LogP contribution in [-0.4, -0.2) is 4.98 Å². The maximum absolute atomic E-state index is 8.54. The monoisotopic (exact) mass is 145 g/mol. The van der Waals surface area contributed by atoms with E-state index >= 15 is 0 Å². The minimum absolute atomic E-state index is 0.507. The van der Waals surface area contributed by atoms with Crippen molar-refractivity contribution in [3.8, 4) is 6.07 Å². The smallest absolute Gasteiger partial charge is 0.140 e. The van der Waals surface area contributed by atoms with Gasteiger partial charge in [-0.2, -0.15) is 5.26 Å². The Kier molecular flexibility index (Phi) is 1.34. The highest BCUT2D eigenvalue weighted by molar-refractivity contribution is 5.30. The molecule has 2 rings (SSSR count). The van der Waals surface area contributed by atoms with E-state index in [0.29, 0.717) is 5.69 Å². The van der Waals surface area contributed by atoms with E-state index in [1.165, 1.54) is 5.56 Å². The molecule has 3 nitrogen and oxygen atoms in total. The highest BCUT2D eigenvalue weighted by atomic mass is 14.9. The molecule has 0 atom stereocenters. The van der Waals surface area contributed by atoms with Crippen molar-refractivity contribution in [2.45, 2.75) is 13.1 Å². The molecular formula is C8H7N3. The average molecular weight is 145 g/mol. The second-order valence-corrected chi connectivity index (χ2v) is 2.52. The van der Waals surface area contributed by atoms with Gasteiger partial charge in [-0.25, -0.2) is 4.98 Å². The van der Waals surface area contributed by atoms with Crippen LogP contribution in [0.4, 0.5) is 0 Å². The summed E-state index contributed by atoms with van der Waals surface area (Å²) in [6, 6.07) is 5.73. The van der Waals surface area contributed by atoms with E-state index in [0.717, 1.165) is 18.8 Å². The minimum Gasteiger partial charge on any atom is -0.307 e. The van der Waals surface area contributed by atoms with Gasteiger partial charge in [-0.3, -0.25) is 0 Å². The zero-order valence-electron chi connectivity index (χ0n) is 5.96.